The van der Waals surface area contributed by atoms with Crippen molar-refractivity contribution in [3.8, 4) is 34.2 Å². The number of nitrogens with zero attached hydrogens (tertiary/aromatic N) is 4. The fraction of sp³-hybridized carbons (Fsp3) is 0. The molecule has 0 fully saturated rings. The monoisotopic (exact) mass is 614 g/mol. The van der Waals surface area contributed by atoms with Crippen LogP contribution in [0.15, 0.2) is 146 Å². The molecule has 4 nitrogen and oxygen atoms in total. The van der Waals surface area contributed by atoms with E-state index in [2.05, 4.69) is 36.4 Å². The third kappa shape index (κ3) is 4.06. The molecule has 0 aliphatic heterocycles. The fourth-order valence-corrected chi connectivity index (χ4v) is 6.84. The highest BCUT2D eigenvalue weighted by atomic mass is 35.5. The second kappa shape index (κ2) is 10.4. The number of aromatic nitrogens is 4. The van der Waals surface area contributed by atoms with E-state index in [0.717, 1.165) is 54.7 Å². The third-order valence-electron chi connectivity index (χ3n) is 8.64. The summed E-state index contributed by atoms with van der Waals surface area (Å²) in [5.74, 6) is 0.933. The molecule has 218 valence electrons. The summed E-state index contributed by atoms with van der Waals surface area (Å²) in [6.07, 6.45) is 0. The van der Waals surface area contributed by atoms with E-state index < -0.39 is 5.82 Å². The molecule has 0 aliphatic rings. The van der Waals surface area contributed by atoms with Gasteiger partial charge < -0.3 is 0 Å². The summed E-state index contributed by atoms with van der Waals surface area (Å²) in [7, 11) is 0. The van der Waals surface area contributed by atoms with Crippen LogP contribution in [0.3, 0.4) is 0 Å². The summed E-state index contributed by atoms with van der Waals surface area (Å²) in [6, 6.07) is 47.4. The van der Waals surface area contributed by atoms with Crippen LogP contribution >= 0.6 is 11.6 Å². The summed E-state index contributed by atoms with van der Waals surface area (Å²) in [5, 5.41) is 4.57. The van der Waals surface area contributed by atoms with Crippen LogP contribution in [0.4, 0.5) is 4.39 Å². The molecule has 46 heavy (non-hydrogen) atoms. The van der Waals surface area contributed by atoms with Crippen molar-refractivity contribution in [2.24, 2.45) is 0 Å². The van der Waals surface area contributed by atoms with Gasteiger partial charge in [0.1, 0.15) is 17.5 Å². The first-order valence-corrected chi connectivity index (χ1v) is 15.4. The quantitative estimate of drug-likeness (QED) is 0.198. The van der Waals surface area contributed by atoms with Crippen LogP contribution in [0.5, 0.6) is 0 Å². The highest BCUT2D eigenvalue weighted by molar-refractivity contribution is 6.34. The molecule has 0 radical (unpaired) electrons. The number of halogens is 2. The zero-order valence-corrected chi connectivity index (χ0v) is 25.2. The van der Waals surface area contributed by atoms with Crippen molar-refractivity contribution in [2.75, 3.05) is 0 Å². The molecule has 0 atom stereocenters. The van der Waals surface area contributed by atoms with Gasteiger partial charge in [-0.1, -0.05) is 133 Å². The van der Waals surface area contributed by atoms with E-state index in [1.54, 1.807) is 0 Å². The molecule has 0 spiro atoms. The molecular formula is C40H24ClFN4. The van der Waals surface area contributed by atoms with Crippen LogP contribution in [0.1, 0.15) is 0 Å². The van der Waals surface area contributed by atoms with Crippen molar-refractivity contribution >= 4 is 55.2 Å². The lowest BCUT2D eigenvalue weighted by Gasteiger charge is -2.17. The summed E-state index contributed by atoms with van der Waals surface area (Å²) < 4.78 is 20.0. The fourth-order valence-electron chi connectivity index (χ4n) is 6.56. The Morgan fingerprint density at radius 3 is 1.35 bits per heavy atom. The predicted molar refractivity (Wildman–Crippen MR) is 187 cm³/mol. The van der Waals surface area contributed by atoms with E-state index in [1.807, 2.05) is 106 Å². The minimum Gasteiger partial charge on any atom is -0.291 e. The van der Waals surface area contributed by atoms with E-state index in [9.17, 15) is 0 Å². The molecule has 2 aromatic heterocycles. The summed E-state index contributed by atoms with van der Waals surface area (Å²) >= 11 is 7.46. The second-order valence-electron chi connectivity index (χ2n) is 11.3. The Kier molecular flexibility index (Phi) is 6.02. The van der Waals surface area contributed by atoms with Crippen LogP contribution < -0.4 is 0 Å². The lowest BCUT2D eigenvalue weighted by molar-refractivity contribution is 0.626. The molecule has 0 saturated heterocycles. The van der Waals surface area contributed by atoms with Crippen LogP contribution in [-0.2, 0) is 0 Å². The first kappa shape index (κ1) is 26.6. The van der Waals surface area contributed by atoms with E-state index >= 15 is 4.39 Å². The highest BCUT2D eigenvalue weighted by Crippen LogP contribution is 2.40. The Morgan fingerprint density at radius 1 is 0.478 bits per heavy atom. The van der Waals surface area contributed by atoms with Gasteiger partial charge in [0.05, 0.1) is 38.5 Å². The van der Waals surface area contributed by atoms with Crippen molar-refractivity contribution in [1.82, 2.24) is 19.1 Å². The van der Waals surface area contributed by atoms with E-state index in [1.165, 1.54) is 12.1 Å². The molecule has 6 heteroatoms. The zero-order valence-electron chi connectivity index (χ0n) is 24.4. The second-order valence-corrected chi connectivity index (χ2v) is 11.7. The predicted octanol–water partition coefficient (Wildman–Crippen LogP) is 10.8. The van der Waals surface area contributed by atoms with Crippen molar-refractivity contribution in [2.45, 2.75) is 0 Å². The number of benzene rings is 7. The first-order valence-electron chi connectivity index (χ1n) is 15.1. The van der Waals surface area contributed by atoms with Crippen LogP contribution in [-0.4, -0.2) is 19.1 Å². The summed E-state index contributed by atoms with van der Waals surface area (Å²) in [6.45, 7) is 0. The minimum absolute atomic E-state index is 0.385. The lowest BCUT2D eigenvalue weighted by Crippen LogP contribution is -2.05. The van der Waals surface area contributed by atoms with Crippen molar-refractivity contribution in [3.63, 3.8) is 0 Å². The molecule has 0 unspecified atom stereocenters. The van der Waals surface area contributed by atoms with Gasteiger partial charge >= 0.3 is 0 Å². The van der Waals surface area contributed by atoms with Crippen LogP contribution in [0.25, 0.3) is 77.8 Å². The molecule has 9 rings (SSSR count). The molecule has 0 aliphatic carbocycles. The van der Waals surface area contributed by atoms with Crippen LogP contribution in [0, 0.1) is 5.82 Å². The topological polar surface area (TPSA) is 35.6 Å². The Hall–Kier alpha value is -5.78. The van der Waals surface area contributed by atoms with Crippen molar-refractivity contribution in [1.29, 1.82) is 0 Å². The van der Waals surface area contributed by atoms with Crippen LogP contribution in [0.2, 0.25) is 5.02 Å². The van der Waals surface area contributed by atoms with E-state index in [4.69, 9.17) is 21.6 Å². The maximum Gasteiger partial charge on any atom is 0.145 e. The van der Waals surface area contributed by atoms with E-state index in [-0.39, 0.29) is 0 Å². The number of hydrogen-bond acceptors (Lipinski definition) is 2. The molecule has 0 amide bonds. The summed E-state index contributed by atoms with van der Waals surface area (Å²) in [5.41, 5.74) is 6.10. The van der Waals surface area contributed by atoms with Gasteiger partial charge in [-0.05, 0) is 35.0 Å². The zero-order chi connectivity index (χ0) is 30.8. The third-order valence-corrected chi connectivity index (χ3v) is 9.03. The maximum absolute atomic E-state index is 16.0. The van der Waals surface area contributed by atoms with E-state index in [0.29, 0.717) is 28.0 Å². The Morgan fingerprint density at radius 2 is 0.891 bits per heavy atom. The van der Waals surface area contributed by atoms with Gasteiger partial charge in [0, 0.05) is 21.9 Å². The average molecular weight is 615 g/mol. The Labute approximate surface area is 268 Å². The molecule has 9 aromatic rings. The largest absolute Gasteiger partial charge is 0.291 e. The number of fused-ring (bicyclic) bond motifs is 6. The highest BCUT2D eigenvalue weighted by Gasteiger charge is 2.24. The van der Waals surface area contributed by atoms with Gasteiger partial charge in [-0.3, -0.25) is 9.13 Å². The molecule has 2 heterocycles. The number of imidazole rings is 2. The molecule has 0 N–H and O–H groups in total. The normalized spacial score (nSPS) is 11.7. The smallest absolute Gasteiger partial charge is 0.145 e. The lowest BCUT2D eigenvalue weighted by atomic mass is 10.1. The molecule has 0 bridgehead atoms. The molecule has 7 aromatic carbocycles. The SMILES string of the molecule is Fc1cc(-n2c(-c3ccccc3)nc3c4ccccc4ccc32)c(Cl)c(-n2c(-c3ccccc3)nc3c4ccccc4ccc32)c1. The Bertz CT molecular complexity index is 2430. The van der Waals surface area contributed by atoms with Crippen molar-refractivity contribution < 1.29 is 4.39 Å². The minimum atomic E-state index is -0.419. The molecule has 0 saturated carbocycles. The number of hydrogen-bond donors (Lipinski definition) is 0. The average Bonchev–Trinajstić information content (AvgIpc) is 3.70. The Balaban J connectivity index is 1.39. The summed E-state index contributed by atoms with van der Waals surface area (Å²) in [4.78, 5) is 10.3. The van der Waals surface area contributed by atoms with Crippen molar-refractivity contribution in [3.05, 3.63) is 156 Å². The van der Waals surface area contributed by atoms with Gasteiger partial charge in [0.2, 0.25) is 0 Å². The van der Waals surface area contributed by atoms with Gasteiger partial charge in [-0.15, -0.1) is 0 Å². The van der Waals surface area contributed by atoms with Gasteiger partial charge in [0.25, 0.3) is 0 Å². The first-order chi connectivity index (χ1) is 22.7. The number of rotatable bonds is 4. The van der Waals surface area contributed by atoms with Gasteiger partial charge in [-0.25, -0.2) is 14.4 Å². The molecular weight excluding hydrogens is 591 g/mol. The standard InChI is InChI=1S/C40H24ClFN4/c41-36-34(45-32-21-19-25-11-7-9-17-30(25)37(32)43-39(45)27-13-3-1-4-14-27)23-29(42)24-35(36)46-33-22-20-26-12-8-10-18-31(26)38(33)44-40(46)28-15-5-2-6-16-28/h1-24H. The van der Waals surface area contributed by atoms with Gasteiger partial charge in [0.15, 0.2) is 0 Å². The van der Waals surface area contributed by atoms with Gasteiger partial charge in [-0.2, -0.15) is 0 Å². The maximum atomic E-state index is 16.0.